The molecule has 2 aliphatic rings. The molecule has 2 heterocycles. The van der Waals surface area contributed by atoms with Gasteiger partial charge in [-0.15, -0.1) is 0 Å². The molecule has 0 radical (unpaired) electrons. The fourth-order valence-corrected chi connectivity index (χ4v) is 2.88. The predicted molar refractivity (Wildman–Crippen MR) is 75.4 cm³/mol. The number of aliphatic hydroxyl groups is 1. The maximum atomic E-state index is 13.7. The zero-order valence-electron chi connectivity index (χ0n) is 12.9. The number of ether oxygens (including phenoxy) is 4. The second kappa shape index (κ2) is 5.86. The van der Waals surface area contributed by atoms with Gasteiger partial charge in [0.05, 0.1) is 12.7 Å². The van der Waals surface area contributed by atoms with E-state index in [0.717, 1.165) is 0 Å². The van der Waals surface area contributed by atoms with Crippen molar-refractivity contribution in [3.05, 3.63) is 35.6 Å². The molecule has 0 amide bonds. The molecule has 1 aromatic carbocycles. The minimum Gasteiger partial charge on any atom is -0.391 e. The number of benzene rings is 1. The van der Waals surface area contributed by atoms with Crippen molar-refractivity contribution in [3.8, 4) is 0 Å². The van der Waals surface area contributed by atoms with Crippen LogP contribution in [0, 0.1) is 5.82 Å². The zero-order chi connectivity index (χ0) is 15.9. The normalized spacial score (nSPS) is 34.6. The maximum absolute atomic E-state index is 13.7. The summed E-state index contributed by atoms with van der Waals surface area (Å²) in [5.74, 6) is -1.09. The minimum atomic E-state index is -0.765. The topological polar surface area (TPSA) is 57.2 Å². The molecule has 122 valence electrons. The standard InChI is InChI=1S/C16H21FO5/c1-9(18)12-13(14-15(20-12)22-16(2,3)21-14)19-8-10-6-4-5-7-11(10)17/h4-7,9,12-15,18H,8H2,1-3H3/t9-,12-,13+,14-,15-/m1/s1. The van der Waals surface area contributed by atoms with E-state index in [4.69, 9.17) is 18.9 Å². The summed E-state index contributed by atoms with van der Waals surface area (Å²) in [7, 11) is 0. The highest BCUT2D eigenvalue weighted by atomic mass is 19.1. The Morgan fingerprint density at radius 3 is 2.73 bits per heavy atom. The molecule has 6 heteroatoms. The molecular weight excluding hydrogens is 291 g/mol. The lowest BCUT2D eigenvalue weighted by atomic mass is 10.1. The molecule has 0 saturated carbocycles. The molecule has 1 N–H and O–H groups in total. The van der Waals surface area contributed by atoms with Gasteiger partial charge in [-0.25, -0.2) is 4.39 Å². The Labute approximate surface area is 128 Å². The molecule has 0 bridgehead atoms. The number of aliphatic hydroxyl groups excluding tert-OH is 1. The lowest BCUT2D eigenvalue weighted by molar-refractivity contribution is -0.229. The van der Waals surface area contributed by atoms with Crippen molar-refractivity contribution < 1.29 is 28.4 Å². The first-order valence-corrected chi connectivity index (χ1v) is 7.41. The van der Waals surface area contributed by atoms with Crippen molar-refractivity contribution in [2.75, 3.05) is 0 Å². The van der Waals surface area contributed by atoms with Gasteiger partial charge in [-0.2, -0.15) is 0 Å². The lowest BCUT2D eigenvalue weighted by Gasteiger charge is -2.27. The maximum Gasteiger partial charge on any atom is 0.190 e. The highest BCUT2D eigenvalue weighted by molar-refractivity contribution is 5.16. The summed E-state index contributed by atoms with van der Waals surface area (Å²) < 4.78 is 36.7. The molecular formula is C16H21FO5. The number of halogens is 1. The smallest absolute Gasteiger partial charge is 0.190 e. The largest absolute Gasteiger partial charge is 0.391 e. The Kier molecular flexibility index (Phi) is 4.22. The van der Waals surface area contributed by atoms with Crippen molar-refractivity contribution in [2.45, 2.75) is 63.9 Å². The third-order valence-electron chi connectivity index (χ3n) is 3.89. The van der Waals surface area contributed by atoms with Crippen LogP contribution in [0.15, 0.2) is 24.3 Å². The van der Waals surface area contributed by atoms with Gasteiger partial charge in [0.1, 0.15) is 24.1 Å². The first-order valence-electron chi connectivity index (χ1n) is 7.41. The summed E-state index contributed by atoms with van der Waals surface area (Å²) in [6, 6.07) is 6.43. The average molecular weight is 312 g/mol. The van der Waals surface area contributed by atoms with Gasteiger partial charge in [0, 0.05) is 5.56 Å². The second-order valence-corrected chi connectivity index (χ2v) is 6.18. The molecule has 5 nitrogen and oxygen atoms in total. The monoisotopic (exact) mass is 312 g/mol. The Hall–Kier alpha value is -1.05. The van der Waals surface area contributed by atoms with Gasteiger partial charge in [0.2, 0.25) is 0 Å². The second-order valence-electron chi connectivity index (χ2n) is 6.18. The Morgan fingerprint density at radius 1 is 1.32 bits per heavy atom. The molecule has 2 saturated heterocycles. The Bertz CT molecular complexity index is 533. The average Bonchev–Trinajstić information content (AvgIpc) is 2.90. The third-order valence-corrected chi connectivity index (χ3v) is 3.89. The number of hydrogen-bond acceptors (Lipinski definition) is 5. The van der Waals surface area contributed by atoms with Crippen molar-refractivity contribution in [1.82, 2.24) is 0 Å². The van der Waals surface area contributed by atoms with E-state index in [1.165, 1.54) is 6.07 Å². The van der Waals surface area contributed by atoms with Crippen LogP contribution in [-0.4, -0.2) is 41.6 Å². The van der Waals surface area contributed by atoms with Crippen LogP contribution < -0.4 is 0 Å². The molecule has 22 heavy (non-hydrogen) atoms. The molecule has 5 atom stereocenters. The Balaban J connectivity index is 1.73. The molecule has 2 fully saturated rings. The van der Waals surface area contributed by atoms with Crippen LogP contribution in [0.2, 0.25) is 0 Å². The van der Waals surface area contributed by atoms with Gasteiger partial charge in [-0.05, 0) is 26.8 Å². The third kappa shape index (κ3) is 3.02. The SMILES string of the molecule is C[C@@H](O)[C@H]1O[C@@H]2OC(C)(C)O[C@@H]2[C@H]1OCc1ccccc1F. The summed E-state index contributed by atoms with van der Waals surface area (Å²) in [4.78, 5) is 0. The van der Waals surface area contributed by atoms with Crippen LogP contribution in [-0.2, 0) is 25.6 Å². The number of rotatable bonds is 4. The van der Waals surface area contributed by atoms with Crippen molar-refractivity contribution in [3.63, 3.8) is 0 Å². The van der Waals surface area contributed by atoms with Crippen LogP contribution in [0.3, 0.4) is 0 Å². The van der Waals surface area contributed by atoms with E-state index in [-0.39, 0.29) is 12.4 Å². The van der Waals surface area contributed by atoms with Crippen LogP contribution in [0.1, 0.15) is 26.3 Å². The van der Waals surface area contributed by atoms with Crippen molar-refractivity contribution in [2.24, 2.45) is 0 Å². The highest BCUT2D eigenvalue weighted by Crippen LogP contribution is 2.39. The predicted octanol–water partition coefficient (Wildman–Crippen LogP) is 1.97. The summed E-state index contributed by atoms with van der Waals surface area (Å²) >= 11 is 0. The van der Waals surface area contributed by atoms with Crippen LogP contribution in [0.25, 0.3) is 0 Å². The van der Waals surface area contributed by atoms with E-state index in [0.29, 0.717) is 5.56 Å². The van der Waals surface area contributed by atoms with E-state index in [2.05, 4.69) is 0 Å². The molecule has 0 unspecified atom stereocenters. The molecule has 1 aromatic rings. The van der Waals surface area contributed by atoms with Crippen LogP contribution in [0.5, 0.6) is 0 Å². The van der Waals surface area contributed by atoms with Gasteiger partial charge in [-0.1, -0.05) is 18.2 Å². The summed E-state index contributed by atoms with van der Waals surface area (Å²) in [5.41, 5.74) is 0.452. The van der Waals surface area contributed by atoms with Gasteiger partial charge in [-0.3, -0.25) is 0 Å². The van der Waals surface area contributed by atoms with E-state index in [1.54, 1.807) is 39.0 Å². The molecule has 0 aliphatic carbocycles. The van der Waals surface area contributed by atoms with Gasteiger partial charge in [0.25, 0.3) is 0 Å². The summed E-state index contributed by atoms with van der Waals surface area (Å²) in [6.45, 7) is 5.28. The van der Waals surface area contributed by atoms with Gasteiger partial charge in [0.15, 0.2) is 12.1 Å². The Morgan fingerprint density at radius 2 is 2.05 bits per heavy atom. The number of fused-ring (bicyclic) bond motifs is 1. The quantitative estimate of drug-likeness (QED) is 0.921. The first kappa shape index (κ1) is 15.8. The van der Waals surface area contributed by atoms with E-state index >= 15 is 0 Å². The van der Waals surface area contributed by atoms with E-state index in [9.17, 15) is 9.50 Å². The molecule has 2 aliphatic heterocycles. The fraction of sp³-hybridized carbons (Fsp3) is 0.625. The van der Waals surface area contributed by atoms with Gasteiger partial charge >= 0.3 is 0 Å². The summed E-state index contributed by atoms with van der Waals surface area (Å²) in [6.07, 6.45) is -2.86. The van der Waals surface area contributed by atoms with Gasteiger partial charge < -0.3 is 24.1 Å². The van der Waals surface area contributed by atoms with Crippen molar-refractivity contribution >= 4 is 0 Å². The lowest BCUT2D eigenvalue weighted by Crippen LogP contribution is -2.41. The van der Waals surface area contributed by atoms with E-state index in [1.807, 2.05) is 0 Å². The van der Waals surface area contributed by atoms with Crippen LogP contribution >= 0.6 is 0 Å². The number of hydrogen-bond donors (Lipinski definition) is 1. The molecule has 0 aromatic heterocycles. The zero-order valence-corrected chi connectivity index (χ0v) is 12.9. The minimum absolute atomic E-state index is 0.0803. The molecule has 3 rings (SSSR count). The highest BCUT2D eigenvalue weighted by Gasteiger charge is 2.56. The summed E-state index contributed by atoms with van der Waals surface area (Å²) in [5, 5.41) is 9.87. The van der Waals surface area contributed by atoms with Crippen LogP contribution in [0.4, 0.5) is 4.39 Å². The first-order chi connectivity index (χ1) is 10.4. The van der Waals surface area contributed by atoms with Crippen molar-refractivity contribution in [1.29, 1.82) is 0 Å². The fourth-order valence-electron chi connectivity index (χ4n) is 2.88. The van der Waals surface area contributed by atoms with E-state index < -0.39 is 36.5 Å². The molecule has 0 spiro atoms.